The molecule has 1 aliphatic carbocycles. The number of amides is 1. The van der Waals surface area contributed by atoms with Crippen molar-refractivity contribution >= 4 is 17.3 Å². The van der Waals surface area contributed by atoms with Gasteiger partial charge in [-0.05, 0) is 65.1 Å². The number of carbonyl (C=O) groups excluding carboxylic acids is 1. The summed E-state index contributed by atoms with van der Waals surface area (Å²) in [6, 6.07) is 23.6. The minimum atomic E-state index is -0.107. The molecule has 3 aromatic carbocycles. The van der Waals surface area contributed by atoms with Crippen LogP contribution in [-0.4, -0.2) is 12.5 Å². The average molecular weight is 339 g/mol. The molecule has 0 aliphatic heterocycles. The number of nitrogens with zero attached hydrogens (tertiary/aromatic N) is 1. The molecule has 0 saturated heterocycles. The van der Waals surface area contributed by atoms with Gasteiger partial charge in [-0.1, -0.05) is 30.3 Å². The molecule has 0 spiro atoms. The summed E-state index contributed by atoms with van der Waals surface area (Å²) in [4.78, 5) is 12.2. The normalized spacial score (nSPS) is 11.2. The summed E-state index contributed by atoms with van der Waals surface area (Å²) >= 11 is 0. The molecule has 1 amide bonds. The molecule has 0 unspecified atom stereocenters. The number of fused-ring (bicyclic) bond motifs is 3. The zero-order valence-electron chi connectivity index (χ0n) is 14.1. The van der Waals surface area contributed by atoms with Crippen molar-refractivity contribution in [1.82, 2.24) is 0 Å². The molecule has 26 heavy (non-hydrogen) atoms. The number of carbonyl (C=O) groups is 1. The SMILES string of the molecule is N#Cc1ccc(NCC(=O)Nc2ccc3c(c2)Cc2ccccc2-3)cc1. The van der Waals surface area contributed by atoms with Gasteiger partial charge in [-0.15, -0.1) is 0 Å². The monoisotopic (exact) mass is 339 g/mol. The quantitative estimate of drug-likeness (QED) is 0.586. The van der Waals surface area contributed by atoms with Crippen LogP contribution in [0.2, 0.25) is 0 Å². The number of anilines is 2. The van der Waals surface area contributed by atoms with Crippen LogP contribution in [0.15, 0.2) is 66.7 Å². The Morgan fingerprint density at radius 2 is 1.65 bits per heavy atom. The van der Waals surface area contributed by atoms with Crippen LogP contribution >= 0.6 is 0 Å². The van der Waals surface area contributed by atoms with Gasteiger partial charge in [0.15, 0.2) is 0 Å². The summed E-state index contributed by atoms with van der Waals surface area (Å²) in [6.45, 7) is 0.170. The van der Waals surface area contributed by atoms with E-state index in [1.807, 2.05) is 6.07 Å². The number of nitriles is 1. The van der Waals surface area contributed by atoms with Crippen LogP contribution in [0.4, 0.5) is 11.4 Å². The highest BCUT2D eigenvalue weighted by Crippen LogP contribution is 2.37. The zero-order chi connectivity index (χ0) is 17.9. The molecule has 2 N–H and O–H groups in total. The Labute approximate surface area is 152 Å². The maximum atomic E-state index is 12.2. The summed E-state index contributed by atoms with van der Waals surface area (Å²) in [5.74, 6) is -0.107. The van der Waals surface area contributed by atoms with E-state index in [2.05, 4.69) is 53.1 Å². The van der Waals surface area contributed by atoms with Crippen molar-refractivity contribution in [1.29, 1.82) is 5.26 Å². The summed E-state index contributed by atoms with van der Waals surface area (Å²) in [5, 5.41) is 14.8. The molecule has 0 saturated carbocycles. The van der Waals surface area contributed by atoms with Gasteiger partial charge in [0.1, 0.15) is 0 Å². The van der Waals surface area contributed by atoms with Gasteiger partial charge in [0, 0.05) is 11.4 Å². The second-order valence-corrected chi connectivity index (χ2v) is 6.30. The van der Waals surface area contributed by atoms with Gasteiger partial charge >= 0.3 is 0 Å². The zero-order valence-corrected chi connectivity index (χ0v) is 14.1. The standard InChI is InChI=1S/C22H17N3O/c23-13-15-5-7-18(8-6-15)24-14-22(26)25-19-9-10-21-17(12-19)11-16-3-1-2-4-20(16)21/h1-10,12,24H,11,14H2,(H,25,26). The highest BCUT2D eigenvalue weighted by molar-refractivity contribution is 5.94. The Hall–Kier alpha value is -3.58. The van der Waals surface area contributed by atoms with E-state index in [0.717, 1.165) is 17.8 Å². The second kappa shape index (κ2) is 6.73. The molecule has 4 rings (SSSR count). The third kappa shape index (κ3) is 3.15. The lowest BCUT2D eigenvalue weighted by molar-refractivity contribution is -0.114. The van der Waals surface area contributed by atoms with Gasteiger partial charge in [0.2, 0.25) is 5.91 Å². The van der Waals surface area contributed by atoms with E-state index in [9.17, 15) is 4.79 Å². The van der Waals surface area contributed by atoms with Crippen LogP contribution in [0.5, 0.6) is 0 Å². The van der Waals surface area contributed by atoms with Gasteiger partial charge < -0.3 is 10.6 Å². The smallest absolute Gasteiger partial charge is 0.243 e. The molecule has 4 heteroatoms. The van der Waals surface area contributed by atoms with E-state index in [1.54, 1.807) is 24.3 Å². The predicted octanol–water partition coefficient (Wildman–Crippen LogP) is 4.18. The van der Waals surface area contributed by atoms with Crippen molar-refractivity contribution in [2.45, 2.75) is 6.42 Å². The van der Waals surface area contributed by atoms with E-state index in [-0.39, 0.29) is 12.5 Å². The van der Waals surface area contributed by atoms with E-state index >= 15 is 0 Å². The number of nitrogens with one attached hydrogen (secondary N) is 2. The van der Waals surface area contributed by atoms with Crippen LogP contribution < -0.4 is 10.6 Å². The molecule has 0 fully saturated rings. The first-order valence-electron chi connectivity index (χ1n) is 8.48. The Morgan fingerprint density at radius 3 is 2.46 bits per heavy atom. The van der Waals surface area contributed by atoms with Crippen LogP contribution in [0, 0.1) is 11.3 Å². The summed E-state index contributed by atoms with van der Waals surface area (Å²) in [5.41, 5.74) is 7.31. The molecule has 3 aromatic rings. The maximum Gasteiger partial charge on any atom is 0.243 e. The molecule has 1 aliphatic rings. The maximum absolute atomic E-state index is 12.2. The fraction of sp³-hybridized carbons (Fsp3) is 0.0909. The first-order valence-corrected chi connectivity index (χ1v) is 8.48. The van der Waals surface area contributed by atoms with E-state index in [4.69, 9.17) is 5.26 Å². The highest BCUT2D eigenvalue weighted by atomic mass is 16.1. The molecule has 0 radical (unpaired) electrons. The topological polar surface area (TPSA) is 64.9 Å². The minimum Gasteiger partial charge on any atom is -0.376 e. The van der Waals surface area contributed by atoms with Crippen LogP contribution in [0.25, 0.3) is 11.1 Å². The number of rotatable bonds is 4. The van der Waals surface area contributed by atoms with Crippen molar-refractivity contribution in [3.8, 4) is 17.2 Å². The molecule has 0 heterocycles. The molecule has 0 atom stereocenters. The number of hydrogen-bond donors (Lipinski definition) is 2. The van der Waals surface area contributed by atoms with Gasteiger partial charge in [0.25, 0.3) is 0 Å². The molecular weight excluding hydrogens is 322 g/mol. The van der Waals surface area contributed by atoms with Crippen LogP contribution in [-0.2, 0) is 11.2 Å². The number of benzene rings is 3. The molecule has 0 aromatic heterocycles. The Balaban J connectivity index is 1.39. The summed E-state index contributed by atoms with van der Waals surface area (Å²) < 4.78 is 0. The van der Waals surface area contributed by atoms with Crippen molar-refractivity contribution in [2.75, 3.05) is 17.2 Å². The van der Waals surface area contributed by atoms with Crippen molar-refractivity contribution in [3.05, 3.63) is 83.4 Å². The fourth-order valence-corrected chi connectivity index (χ4v) is 3.27. The summed E-state index contributed by atoms with van der Waals surface area (Å²) in [7, 11) is 0. The predicted molar refractivity (Wildman–Crippen MR) is 103 cm³/mol. The van der Waals surface area contributed by atoms with Crippen LogP contribution in [0.1, 0.15) is 16.7 Å². The van der Waals surface area contributed by atoms with Crippen LogP contribution in [0.3, 0.4) is 0 Å². The molecule has 0 bridgehead atoms. The van der Waals surface area contributed by atoms with E-state index < -0.39 is 0 Å². The fourth-order valence-electron chi connectivity index (χ4n) is 3.27. The van der Waals surface area contributed by atoms with Crippen molar-refractivity contribution < 1.29 is 4.79 Å². The van der Waals surface area contributed by atoms with E-state index in [1.165, 1.54) is 22.3 Å². The molecule has 126 valence electrons. The Bertz CT molecular complexity index is 1020. The second-order valence-electron chi connectivity index (χ2n) is 6.30. The minimum absolute atomic E-state index is 0.107. The van der Waals surface area contributed by atoms with Gasteiger partial charge in [-0.25, -0.2) is 0 Å². The molecular formula is C22H17N3O. The Kier molecular flexibility index (Phi) is 4.12. The lowest BCUT2D eigenvalue weighted by atomic mass is 10.1. The lowest BCUT2D eigenvalue weighted by Crippen LogP contribution is -2.21. The van der Waals surface area contributed by atoms with Crippen molar-refractivity contribution in [3.63, 3.8) is 0 Å². The van der Waals surface area contributed by atoms with Gasteiger partial charge in [0.05, 0.1) is 18.2 Å². The summed E-state index contributed by atoms with van der Waals surface area (Å²) in [6.07, 6.45) is 0.901. The van der Waals surface area contributed by atoms with Gasteiger partial charge in [-0.2, -0.15) is 5.26 Å². The first-order chi connectivity index (χ1) is 12.7. The van der Waals surface area contributed by atoms with Crippen molar-refractivity contribution in [2.24, 2.45) is 0 Å². The van der Waals surface area contributed by atoms with Gasteiger partial charge in [-0.3, -0.25) is 4.79 Å². The molecule has 4 nitrogen and oxygen atoms in total. The average Bonchev–Trinajstić information content (AvgIpc) is 3.04. The first kappa shape index (κ1) is 15.9. The van der Waals surface area contributed by atoms with E-state index in [0.29, 0.717) is 5.56 Å². The number of hydrogen-bond acceptors (Lipinski definition) is 3. The lowest BCUT2D eigenvalue weighted by Gasteiger charge is -2.09. The Morgan fingerprint density at radius 1 is 0.923 bits per heavy atom. The highest BCUT2D eigenvalue weighted by Gasteiger charge is 2.18. The largest absolute Gasteiger partial charge is 0.376 e. The third-order valence-electron chi connectivity index (χ3n) is 4.54. The third-order valence-corrected chi connectivity index (χ3v) is 4.54.